The van der Waals surface area contributed by atoms with Crippen LogP contribution in [0.1, 0.15) is 12.7 Å². The van der Waals surface area contributed by atoms with E-state index in [1.807, 2.05) is 37.3 Å². The highest BCUT2D eigenvalue weighted by molar-refractivity contribution is 9.28. The van der Waals surface area contributed by atoms with E-state index in [0.717, 1.165) is 14.7 Å². The van der Waals surface area contributed by atoms with E-state index in [9.17, 15) is 0 Å². The van der Waals surface area contributed by atoms with E-state index in [1.165, 1.54) is 0 Å². The lowest BCUT2D eigenvalue weighted by molar-refractivity contribution is 0.557. The van der Waals surface area contributed by atoms with Crippen molar-refractivity contribution in [2.75, 3.05) is 0 Å². The second kappa shape index (κ2) is 7.32. The van der Waals surface area contributed by atoms with Crippen LogP contribution in [0.4, 0.5) is 0 Å². The smallest absolute Gasteiger partial charge is 0.126 e. The van der Waals surface area contributed by atoms with Gasteiger partial charge in [0.05, 0.1) is 9.65 Å². The van der Waals surface area contributed by atoms with Crippen molar-refractivity contribution in [1.29, 1.82) is 0 Å². The summed E-state index contributed by atoms with van der Waals surface area (Å²) in [4.78, 5) is 0. The molecule has 1 heterocycles. The first-order valence-corrected chi connectivity index (χ1v) is 6.22. The standard InChI is InChI=1S/C13H10Br2O/c1-2-3-4-6-11(13(14)15)8-9-12-7-5-10-16-12/h2-3,5,7-10H,1H3/b3-2+,9-8+. The fourth-order valence-corrected chi connectivity index (χ4v) is 1.37. The summed E-state index contributed by atoms with van der Waals surface area (Å²) in [5, 5.41) is 0. The Balaban J connectivity index is 2.83. The van der Waals surface area contributed by atoms with Gasteiger partial charge in [-0.3, -0.25) is 0 Å². The van der Waals surface area contributed by atoms with Crippen LogP contribution in [0.2, 0.25) is 0 Å². The molecule has 0 N–H and O–H groups in total. The number of hydrogen-bond donors (Lipinski definition) is 0. The fourth-order valence-electron chi connectivity index (χ4n) is 0.906. The van der Waals surface area contributed by atoms with Gasteiger partial charge in [0.25, 0.3) is 0 Å². The van der Waals surface area contributed by atoms with Crippen LogP contribution in [0.3, 0.4) is 0 Å². The van der Waals surface area contributed by atoms with Gasteiger partial charge in [-0.25, -0.2) is 0 Å². The molecule has 0 fully saturated rings. The van der Waals surface area contributed by atoms with Crippen LogP contribution < -0.4 is 0 Å². The molecular formula is C13H10Br2O. The molecule has 1 rings (SSSR count). The Morgan fingerprint density at radius 2 is 2.25 bits per heavy atom. The lowest BCUT2D eigenvalue weighted by Gasteiger charge is -1.90. The normalized spacial score (nSPS) is 10.4. The molecule has 1 aromatic rings. The minimum Gasteiger partial charge on any atom is -0.465 e. The van der Waals surface area contributed by atoms with Crippen molar-refractivity contribution in [2.24, 2.45) is 0 Å². The number of hydrogen-bond acceptors (Lipinski definition) is 1. The third-order valence-corrected chi connectivity index (χ3v) is 2.47. The van der Waals surface area contributed by atoms with Crippen molar-refractivity contribution in [3.05, 3.63) is 51.3 Å². The predicted octanol–water partition coefficient (Wildman–Crippen LogP) is 4.87. The van der Waals surface area contributed by atoms with Crippen molar-refractivity contribution in [3.63, 3.8) is 0 Å². The average molecular weight is 342 g/mol. The number of rotatable bonds is 2. The van der Waals surface area contributed by atoms with Crippen LogP contribution in [-0.4, -0.2) is 0 Å². The molecule has 0 spiro atoms. The molecular weight excluding hydrogens is 332 g/mol. The molecule has 0 bridgehead atoms. The van der Waals surface area contributed by atoms with Crippen LogP contribution in [-0.2, 0) is 0 Å². The van der Waals surface area contributed by atoms with Crippen LogP contribution >= 0.6 is 31.9 Å². The SMILES string of the molecule is C/C=C/C#CC(/C=C/c1ccco1)=C(Br)Br. The van der Waals surface area contributed by atoms with Gasteiger partial charge in [-0.05, 0) is 69.1 Å². The fraction of sp³-hybridized carbons (Fsp3) is 0.0769. The van der Waals surface area contributed by atoms with E-state index in [2.05, 4.69) is 43.7 Å². The molecule has 1 aromatic heterocycles. The first-order valence-electron chi connectivity index (χ1n) is 4.63. The van der Waals surface area contributed by atoms with Gasteiger partial charge < -0.3 is 4.42 Å². The molecule has 0 aromatic carbocycles. The largest absolute Gasteiger partial charge is 0.465 e. The van der Waals surface area contributed by atoms with Crippen molar-refractivity contribution in [3.8, 4) is 11.8 Å². The maximum Gasteiger partial charge on any atom is 0.126 e. The molecule has 0 radical (unpaired) electrons. The van der Waals surface area contributed by atoms with E-state index in [4.69, 9.17) is 4.42 Å². The molecule has 1 nitrogen and oxygen atoms in total. The van der Waals surface area contributed by atoms with E-state index >= 15 is 0 Å². The van der Waals surface area contributed by atoms with Gasteiger partial charge in [-0.15, -0.1) is 0 Å². The number of furan rings is 1. The number of allylic oxidation sites excluding steroid dienone is 4. The molecule has 0 unspecified atom stereocenters. The molecule has 0 aliphatic rings. The van der Waals surface area contributed by atoms with Crippen molar-refractivity contribution < 1.29 is 4.42 Å². The third-order valence-electron chi connectivity index (χ3n) is 1.62. The summed E-state index contributed by atoms with van der Waals surface area (Å²) in [6.45, 7) is 1.93. The van der Waals surface area contributed by atoms with E-state index < -0.39 is 0 Å². The van der Waals surface area contributed by atoms with Crippen molar-refractivity contribution in [1.82, 2.24) is 0 Å². The Morgan fingerprint density at radius 1 is 1.44 bits per heavy atom. The van der Waals surface area contributed by atoms with Crippen LogP contribution in [0.25, 0.3) is 6.08 Å². The van der Waals surface area contributed by atoms with Gasteiger partial charge in [-0.2, -0.15) is 0 Å². The quantitative estimate of drug-likeness (QED) is 0.552. The van der Waals surface area contributed by atoms with Gasteiger partial charge in [0.15, 0.2) is 0 Å². The highest BCUT2D eigenvalue weighted by atomic mass is 79.9. The highest BCUT2D eigenvalue weighted by Crippen LogP contribution is 2.20. The lowest BCUT2D eigenvalue weighted by atomic mass is 10.2. The number of halogens is 2. The maximum atomic E-state index is 5.19. The topological polar surface area (TPSA) is 13.1 Å². The molecule has 0 aliphatic heterocycles. The predicted molar refractivity (Wildman–Crippen MR) is 75.2 cm³/mol. The second-order valence-electron chi connectivity index (χ2n) is 2.79. The zero-order valence-electron chi connectivity index (χ0n) is 8.71. The molecule has 82 valence electrons. The van der Waals surface area contributed by atoms with Crippen LogP contribution in [0, 0.1) is 11.8 Å². The Hall–Kier alpha value is -0.980. The van der Waals surface area contributed by atoms with Crippen LogP contribution in [0.5, 0.6) is 0 Å². The first-order chi connectivity index (χ1) is 7.74. The van der Waals surface area contributed by atoms with Gasteiger partial charge in [-0.1, -0.05) is 17.9 Å². The van der Waals surface area contributed by atoms with Crippen molar-refractivity contribution >= 4 is 37.9 Å². The minimum absolute atomic E-state index is 0.798. The monoisotopic (exact) mass is 340 g/mol. The van der Waals surface area contributed by atoms with Gasteiger partial charge in [0.2, 0.25) is 0 Å². The Kier molecular flexibility index (Phi) is 5.99. The molecule has 0 atom stereocenters. The third kappa shape index (κ3) is 4.69. The average Bonchev–Trinajstić information content (AvgIpc) is 2.75. The first kappa shape index (κ1) is 13.1. The molecule has 0 aliphatic carbocycles. The van der Waals surface area contributed by atoms with Gasteiger partial charge >= 0.3 is 0 Å². The molecule has 0 saturated heterocycles. The highest BCUT2D eigenvalue weighted by Gasteiger charge is 1.94. The summed E-state index contributed by atoms with van der Waals surface area (Å²) >= 11 is 6.69. The summed E-state index contributed by atoms with van der Waals surface area (Å²) in [7, 11) is 0. The van der Waals surface area contributed by atoms with Crippen LogP contribution in [0.15, 0.2) is 50.0 Å². The maximum absolute atomic E-state index is 5.19. The Labute approximate surface area is 112 Å². The lowest BCUT2D eigenvalue weighted by Crippen LogP contribution is -1.72. The zero-order chi connectivity index (χ0) is 11.8. The second-order valence-corrected chi connectivity index (χ2v) is 5.44. The zero-order valence-corrected chi connectivity index (χ0v) is 11.9. The van der Waals surface area contributed by atoms with E-state index in [-0.39, 0.29) is 0 Å². The minimum atomic E-state index is 0.798. The summed E-state index contributed by atoms with van der Waals surface area (Å²) < 4.78 is 6.01. The molecule has 16 heavy (non-hydrogen) atoms. The molecule has 0 amide bonds. The van der Waals surface area contributed by atoms with E-state index in [1.54, 1.807) is 12.3 Å². The summed E-state index contributed by atoms with van der Waals surface area (Å²) in [6, 6.07) is 3.73. The van der Waals surface area contributed by atoms with Gasteiger partial charge in [0, 0.05) is 5.57 Å². The Morgan fingerprint density at radius 3 is 2.81 bits per heavy atom. The summed E-state index contributed by atoms with van der Waals surface area (Å²) in [5.74, 6) is 6.72. The van der Waals surface area contributed by atoms with E-state index in [0.29, 0.717) is 0 Å². The molecule has 3 heteroatoms. The van der Waals surface area contributed by atoms with Gasteiger partial charge in [0.1, 0.15) is 5.76 Å². The summed E-state index contributed by atoms with van der Waals surface area (Å²) in [6.07, 6.45) is 9.07. The van der Waals surface area contributed by atoms with Crippen molar-refractivity contribution in [2.45, 2.75) is 6.92 Å². The molecule has 0 saturated carbocycles. The Bertz CT molecular complexity index is 464. The summed E-state index contributed by atoms with van der Waals surface area (Å²) in [5.41, 5.74) is 0.856.